The Bertz CT molecular complexity index is 710. The molecule has 0 spiro atoms. The van der Waals surface area contributed by atoms with Crippen LogP contribution < -0.4 is 5.32 Å². The van der Waals surface area contributed by atoms with Gasteiger partial charge in [0.05, 0.1) is 18.8 Å². The van der Waals surface area contributed by atoms with Crippen molar-refractivity contribution < 1.29 is 15.0 Å². The van der Waals surface area contributed by atoms with Gasteiger partial charge in [0.2, 0.25) is 5.91 Å². The largest absolute Gasteiger partial charge is 0.394 e. The standard InChI is InChI=1S/C48H95NO3/c1-3-5-7-9-11-13-15-16-17-18-19-20-21-22-23-24-25-26-27-28-29-30-31-32-34-36-38-40-42-44-48(52)49-46(45-50)47(51)43-41-39-37-35-33-14-12-10-8-6-4-2/h41,43,46-47,50-51H,3-40,42,44-45H2,1-2H3,(H,49,52)/b43-41+/t46-,47+/m0/s1. The van der Waals surface area contributed by atoms with Gasteiger partial charge in [0.25, 0.3) is 0 Å². The Hall–Kier alpha value is -0.870. The molecule has 0 aromatic rings. The average Bonchev–Trinajstić information content (AvgIpc) is 3.15. The van der Waals surface area contributed by atoms with Crippen LogP contribution in [0, 0.1) is 0 Å². The second-order valence-electron chi connectivity index (χ2n) is 16.5. The zero-order valence-electron chi connectivity index (χ0n) is 35.6. The Morgan fingerprint density at radius 3 is 1.00 bits per heavy atom. The summed E-state index contributed by atoms with van der Waals surface area (Å²) in [6.45, 7) is 4.32. The van der Waals surface area contributed by atoms with E-state index in [4.69, 9.17) is 0 Å². The van der Waals surface area contributed by atoms with Crippen molar-refractivity contribution in [3.8, 4) is 0 Å². The van der Waals surface area contributed by atoms with E-state index in [1.807, 2.05) is 6.08 Å². The fourth-order valence-electron chi connectivity index (χ4n) is 7.59. The SMILES string of the molecule is CCCCCCCCCCC/C=C/[C@@H](O)[C@H](CO)NC(=O)CCCCCCCCCCCCCCCCCCCCCCCCCCCCCCC. The van der Waals surface area contributed by atoms with Crippen LogP contribution in [-0.2, 0) is 4.79 Å². The molecule has 3 N–H and O–H groups in total. The first kappa shape index (κ1) is 51.1. The first-order valence-corrected chi connectivity index (χ1v) is 23.9. The monoisotopic (exact) mass is 734 g/mol. The Labute approximate surface area is 327 Å². The van der Waals surface area contributed by atoms with Crippen molar-refractivity contribution in [2.75, 3.05) is 6.61 Å². The summed E-state index contributed by atoms with van der Waals surface area (Å²) in [7, 11) is 0. The van der Waals surface area contributed by atoms with Gasteiger partial charge < -0.3 is 15.5 Å². The Morgan fingerprint density at radius 1 is 0.442 bits per heavy atom. The van der Waals surface area contributed by atoms with Crippen LogP contribution in [0.2, 0.25) is 0 Å². The zero-order valence-corrected chi connectivity index (χ0v) is 35.6. The number of aliphatic hydroxyl groups is 2. The molecule has 0 rings (SSSR count). The predicted octanol–water partition coefficient (Wildman–Crippen LogP) is 15.0. The quantitative estimate of drug-likeness (QED) is 0.0431. The maximum atomic E-state index is 12.4. The number of rotatable bonds is 44. The molecule has 0 fully saturated rings. The first-order valence-electron chi connectivity index (χ1n) is 23.9. The van der Waals surface area contributed by atoms with Gasteiger partial charge in [-0.25, -0.2) is 0 Å². The van der Waals surface area contributed by atoms with Crippen molar-refractivity contribution in [3.63, 3.8) is 0 Å². The summed E-state index contributed by atoms with van der Waals surface area (Å²) in [5.74, 6) is -0.0598. The molecule has 0 heterocycles. The summed E-state index contributed by atoms with van der Waals surface area (Å²) < 4.78 is 0. The Morgan fingerprint density at radius 2 is 0.712 bits per heavy atom. The molecule has 4 heteroatoms. The first-order chi connectivity index (χ1) is 25.7. The highest BCUT2D eigenvalue weighted by Gasteiger charge is 2.18. The lowest BCUT2D eigenvalue weighted by Gasteiger charge is -2.20. The van der Waals surface area contributed by atoms with E-state index in [-0.39, 0.29) is 12.5 Å². The van der Waals surface area contributed by atoms with E-state index in [1.165, 1.54) is 225 Å². The average molecular weight is 734 g/mol. The second-order valence-corrected chi connectivity index (χ2v) is 16.5. The minimum atomic E-state index is -0.832. The Balaban J connectivity index is 3.40. The van der Waals surface area contributed by atoms with Crippen LogP contribution in [0.15, 0.2) is 12.2 Å². The molecule has 0 aromatic heterocycles. The number of hydrogen-bond donors (Lipinski definition) is 3. The van der Waals surface area contributed by atoms with Crippen molar-refractivity contribution in [3.05, 3.63) is 12.2 Å². The lowest BCUT2D eigenvalue weighted by molar-refractivity contribution is -0.123. The van der Waals surface area contributed by atoms with Crippen molar-refractivity contribution in [1.29, 1.82) is 0 Å². The summed E-state index contributed by atoms with van der Waals surface area (Å²) >= 11 is 0. The molecule has 4 nitrogen and oxygen atoms in total. The second kappa shape index (κ2) is 44.5. The molecule has 0 saturated carbocycles. The molecule has 0 unspecified atom stereocenters. The van der Waals surface area contributed by atoms with Crippen molar-refractivity contribution in [2.24, 2.45) is 0 Å². The smallest absolute Gasteiger partial charge is 0.220 e. The number of amides is 1. The van der Waals surface area contributed by atoms with Crippen LogP contribution in [0.1, 0.15) is 271 Å². The van der Waals surface area contributed by atoms with E-state index in [0.29, 0.717) is 6.42 Å². The zero-order chi connectivity index (χ0) is 37.8. The van der Waals surface area contributed by atoms with Gasteiger partial charge in [0, 0.05) is 6.42 Å². The third-order valence-corrected chi connectivity index (χ3v) is 11.3. The van der Waals surface area contributed by atoms with Gasteiger partial charge in [-0.05, 0) is 19.3 Å². The highest BCUT2D eigenvalue weighted by atomic mass is 16.3. The van der Waals surface area contributed by atoms with E-state index < -0.39 is 12.1 Å². The molecule has 0 radical (unpaired) electrons. The van der Waals surface area contributed by atoms with Gasteiger partial charge >= 0.3 is 0 Å². The molecule has 1 amide bonds. The summed E-state index contributed by atoms with van der Waals surface area (Å²) in [5, 5.41) is 23.0. The maximum Gasteiger partial charge on any atom is 0.220 e. The van der Waals surface area contributed by atoms with Gasteiger partial charge in [-0.2, -0.15) is 0 Å². The summed E-state index contributed by atoms with van der Waals surface area (Å²) in [6.07, 6.45) is 56.4. The van der Waals surface area contributed by atoms with E-state index >= 15 is 0 Å². The van der Waals surface area contributed by atoms with Gasteiger partial charge in [-0.15, -0.1) is 0 Å². The summed E-state index contributed by atoms with van der Waals surface area (Å²) in [5.41, 5.74) is 0. The summed E-state index contributed by atoms with van der Waals surface area (Å²) in [4.78, 5) is 12.4. The molecule has 0 aliphatic carbocycles. The highest BCUT2D eigenvalue weighted by molar-refractivity contribution is 5.76. The minimum Gasteiger partial charge on any atom is -0.394 e. The van der Waals surface area contributed by atoms with Gasteiger partial charge in [0.1, 0.15) is 0 Å². The topological polar surface area (TPSA) is 69.6 Å². The van der Waals surface area contributed by atoms with E-state index in [2.05, 4.69) is 19.2 Å². The molecule has 0 saturated heterocycles. The number of hydrogen-bond acceptors (Lipinski definition) is 3. The molecule has 0 aliphatic heterocycles. The molecular formula is C48H95NO3. The number of allylic oxidation sites excluding steroid dienone is 1. The van der Waals surface area contributed by atoms with Crippen molar-refractivity contribution in [1.82, 2.24) is 5.32 Å². The van der Waals surface area contributed by atoms with E-state index in [1.54, 1.807) is 6.08 Å². The number of aliphatic hydroxyl groups excluding tert-OH is 2. The van der Waals surface area contributed by atoms with Gasteiger partial charge in [0.15, 0.2) is 0 Å². The molecule has 52 heavy (non-hydrogen) atoms. The molecule has 310 valence electrons. The minimum absolute atomic E-state index is 0.0598. The van der Waals surface area contributed by atoms with E-state index in [0.717, 1.165) is 25.7 Å². The Kier molecular flexibility index (Phi) is 43.8. The van der Waals surface area contributed by atoms with Gasteiger partial charge in [-0.1, -0.05) is 257 Å². The summed E-state index contributed by atoms with van der Waals surface area (Å²) in [6, 6.07) is -0.615. The van der Waals surface area contributed by atoms with Crippen LogP contribution in [-0.4, -0.2) is 34.9 Å². The fraction of sp³-hybridized carbons (Fsp3) is 0.938. The van der Waals surface area contributed by atoms with Crippen LogP contribution in [0.5, 0.6) is 0 Å². The lowest BCUT2D eigenvalue weighted by atomic mass is 10.0. The van der Waals surface area contributed by atoms with E-state index in [9.17, 15) is 15.0 Å². The van der Waals surface area contributed by atoms with Crippen LogP contribution in [0.3, 0.4) is 0 Å². The molecule has 0 aromatic carbocycles. The normalized spacial score (nSPS) is 12.9. The molecule has 2 atom stereocenters. The van der Waals surface area contributed by atoms with Crippen LogP contribution in [0.4, 0.5) is 0 Å². The van der Waals surface area contributed by atoms with Crippen molar-refractivity contribution in [2.45, 2.75) is 283 Å². The van der Waals surface area contributed by atoms with Crippen molar-refractivity contribution >= 4 is 5.91 Å². The van der Waals surface area contributed by atoms with Gasteiger partial charge in [-0.3, -0.25) is 4.79 Å². The maximum absolute atomic E-state index is 12.4. The molecule has 0 bridgehead atoms. The fourth-order valence-corrected chi connectivity index (χ4v) is 7.59. The van der Waals surface area contributed by atoms with Crippen LogP contribution >= 0.6 is 0 Å². The number of unbranched alkanes of at least 4 members (excludes halogenated alkanes) is 37. The number of carbonyl (C=O) groups is 1. The number of carbonyl (C=O) groups excluding carboxylic acids is 1. The van der Waals surface area contributed by atoms with Crippen LogP contribution in [0.25, 0.3) is 0 Å². The molecule has 0 aliphatic rings. The highest BCUT2D eigenvalue weighted by Crippen LogP contribution is 2.17. The third-order valence-electron chi connectivity index (χ3n) is 11.3. The number of nitrogens with one attached hydrogen (secondary N) is 1. The molecular weight excluding hydrogens is 639 g/mol. The predicted molar refractivity (Wildman–Crippen MR) is 230 cm³/mol. The third kappa shape index (κ3) is 40.3. The lowest BCUT2D eigenvalue weighted by Crippen LogP contribution is -2.45.